The van der Waals surface area contributed by atoms with Gasteiger partial charge in [0.15, 0.2) is 0 Å². The van der Waals surface area contributed by atoms with Gasteiger partial charge in [-0.1, -0.05) is 36.4 Å². The van der Waals surface area contributed by atoms with Gasteiger partial charge in [0.25, 0.3) is 10.2 Å². The molecule has 7 heteroatoms. The Bertz CT molecular complexity index is 934. The fourth-order valence-corrected chi connectivity index (χ4v) is 3.02. The van der Waals surface area contributed by atoms with E-state index in [1.54, 1.807) is 0 Å². The molecule has 0 saturated carbocycles. The third-order valence-electron chi connectivity index (χ3n) is 3.77. The van der Waals surface area contributed by atoms with Crippen LogP contribution in [0.25, 0.3) is 22.4 Å². The predicted molar refractivity (Wildman–Crippen MR) is 95.8 cm³/mol. The maximum absolute atomic E-state index is 11.7. The lowest BCUT2D eigenvalue weighted by Crippen LogP contribution is -2.36. The van der Waals surface area contributed by atoms with E-state index >= 15 is 0 Å². The fraction of sp³-hybridized carbons (Fsp3) is 0.235. The quantitative estimate of drug-likeness (QED) is 0.719. The zero-order chi connectivity index (χ0) is 17.2. The molecule has 2 N–H and O–H groups in total. The molecule has 1 heterocycles. The second-order valence-electron chi connectivity index (χ2n) is 5.73. The zero-order valence-corrected chi connectivity index (χ0v) is 14.5. The highest BCUT2D eigenvalue weighted by molar-refractivity contribution is 7.87. The molecule has 0 atom stereocenters. The number of fused-ring (bicyclic) bond motifs is 1. The molecule has 1 aromatic heterocycles. The Morgan fingerprint density at radius 2 is 1.88 bits per heavy atom. The van der Waals surface area contributed by atoms with E-state index in [0.717, 1.165) is 32.3 Å². The minimum absolute atomic E-state index is 0.353. The first-order chi connectivity index (χ1) is 11.5. The Labute approximate surface area is 141 Å². The molecule has 0 radical (unpaired) electrons. The van der Waals surface area contributed by atoms with Gasteiger partial charge in [-0.25, -0.2) is 9.71 Å². The summed E-state index contributed by atoms with van der Waals surface area (Å²) in [4.78, 5) is 7.91. The Morgan fingerprint density at radius 3 is 2.58 bits per heavy atom. The summed E-state index contributed by atoms with van der Waals surface area (Å²) in [6.45, 7) is 0.353. The monoisotopic (exact) mass is 344 g/mol. The second-order valence-corrected chi connectivity index (χ2v) is 7.70. The second kappa shape index (κ2) is 6.72. The van der Waals surface area contributed by atoms with Crippen molar-refractivity contribution in [3.05, 3.63) is 54.1 Å². The van der Waals surface area contributed by atoms with Crippen molar-refractivity contribution in [1.29, 1.82) is 0 Å². The van der Waals surface area contributed by atoms with Crippen molar-refractivity contribution < 1.29 is 8.42 Å². The first kappa shape index (κ1) is 16.6. The third kappa shape index (κ3) is 3.64. The molecule has 0 saturated heterocycles. The van der Waals surface area contributed by atoms with E-state index in [-0.39, 0.29) is 0 Å². The number of aromatic nitrogens is 2. The highest BCUT2D eigenvalue weighted by Gasteiger charge is 2.12. The van der Waals surface area contributed by atoms with Crippen molar-refractivity contribution in [2.45, 2.75) is 6.42 Å². The summed E-state index contributed by atoms with van der Waals surface area (Å²) in [6.07, 6.45) is 0.614. The van der Waals surface area contributed by atoms with Gasteiger partial charge >= 0.3 is 0 Å². The standard InChI is InChI=1S/C17H20N4O2S/c1-21(2)24(22,23)18-11-10-13-8-9-15-16(12-13)20-17(19-15)14-6-4-3-5-7-14/h3-9,12,18H,10-11H2,1-2H3,(H,19,20). The minimum atomic E-state index is -3.38. The Morgan fingerprint density at radius 1 is 1.12 bits per heavy atom. The lowest BCUT2D eigenvalue weighted by Gasteiger charge is -2.12. The maximum atomic E-state index is 11.7. The minimum Gasteiger partial charge on any atom is -0.338 e. The van der Waals surface area contributed by atoms with Crippen LogP contribution in [0.2, 0.25) is 0 Å². The molecule has 24 heavy (non-hydrogen) atoms. The largest absolute Gasteiger partial charge is 0.338 e. The van der Waals surface area contributed by atoms with E-state index < -0.39 is 10.2 Å². The molecule has 0 spiro atoms. The van der Waals surface area contributed by atoms with Crippen LogP contribution < -0.4 is 4.72 Å². The van der Waals surface area contributed by atoms with Gasteiger partial charge in [0.05, 0.1) is 11.0 Å². The lowest BCUT2D eigenvalue weighted by molar-refractivity contribution is 0.506. The molecular weight excluding hydrogens is 324 g/mol. The Balaban J connectivity index is 1.75. The van der Waals surface area contributed by atoms with Gasteiger partial charge in [-0.3, -0.25) is 0 Å². The van der Waals surface area contributed by atoms with Crippen LogP contribution in [0.5, 0.6) is 0 Å². The van der Waals surface area contributed by atoms with Crippen molar-refractivity contribution in [1.82, 2.24) is 19.0 Å². The van der Waals surface area contributed by atoms with E-state index in [1.165, 1.54) is 14.1 Å². The number of imidazole rings is 1. The number of hydrogen-bond acceptors (Lipinski definition) is 3. The molecule has 3 aromatic rings. The molecule has 2 aromatic carbocycles. The Hall–Kier alpha value is -2.22. The third-order valence-corrected chi connectivity index (χ3v) is 5.30. The van der Waals surface area contributed by atoms with Crippen molar-refractivity contribution in [2.75, 3.05) is 20.6 Å². The molecule has 126 valence electrons. The van der Waals surface area contributed by atoms with E-state index in [4.69, 9.17) is 0 Å². The van der Waals surface area contributed by atoms with Crippen molar-refractivity contribution in [2.24, 2.45) is 0 Å². The van der Waals surface area contributed by atoms with E-state index in [9.17, 15) is 8.42 Å². The number of rotatable bonds is 6. The number of nitrogens with one attached hydrogen (secondary N) is 2. The van der Waals surface area contributed by atoms with Crippen LogP contribution in [-0.4, -0.2) is 43.3 Å². The highest BCUT2D eigenvalue weighted by atomic mass is 32.2. The van der Waals surface area contributed by atoms with Gasteiger partial charge in [0, 0.05) is 26.2 Å². The predicted octanol–water partition coefficient (Wildman–Crippen LogP) is 2.17. The van der Waals surface area contributed by atoms with Crippen LogP contribution >= 0.6 is 0 Å². The van der Waals surface area contributed by atoms with Gasteiger partial charge in [-0.05, 0) is 24.1 Å². The number of H-pyrrole nitrogens is 1. The average Bonchev–Trinajstić information content (AvgIpc) is 2.98. The van der Waals surface area contributed by atoms with Gasteiger partial charge in [0.1, 0.15) is 5.82 Å². The van der Waals surface area contributed by atoms with E-state index in [1.807, 2.05) is 48.5 Å². The van der Waals surface area contributed by atoms with Crippen LogP contribution in [0, 0.1) is 0 Å². The van der Waals surface area contributed by atoms with Crippen molar-refractivity contribution >= 4 is 21.2 Å². The highest BCUT2D eigenvalue weighted by Crippen LogP contribution is 2.21. The van der Waals surface area contributed by atoms with Crippen LogP contribution in [0.15, 0.2) is 48.5 Å². The summed E-state index contributed by atoms with van der Waals surface area (Å²) in [5, 5.41) is 0. The van der Waals surface area contributed by atoms with E-state index in [0.29, 0.717) is 13.0 Å². The van der Waals surface area contributed by atoms with Gasteiger partial charge in [-0.2, -0.15) is 12.7 Å². The van der Waals surface area contributed by atoms with Crippen LogP contribution in [0.4, 0.5) is 0 Å². The SMILES string of the molecule is CN(C)S(=O)(=O)NCCc1ccc2nc(-c3ccccc3)[nH]c2c1. The summed E-state index contributed by atoms with van der Waals surface area (Å²) in [5.74, 6) is 0.830. The summed E-state index contributed by atoms with van der Waals surface area (Å²) in [6, 6.07) is 15.9. The molecule has 0 aliphatic carbocycles. The number of aromatic amines is 1. The van der Waals surface area contributed by atoms with Crippen LogP contribution in [-0.2, 0) is 16.6 Å². The molecular formula is C17H20N4O2S. The smallest absolute Gasteiger partial charge is 0.278 e. The van der Waals surface area contributed by atoms with Crippen LogP contribution in [0.3, 0.4) is 0 Å². The van der Waals surface area contributed by atoms with E-state index in [2.05, 4.69) is 14.7 Å². The molecule has 0 aliphatic heterocycles. The van der Waals surface area contributed by atoms with Crippen molar-refractivity contribution in [3.63, 3.8) is 0 Å². The topological polar surface area (TPSA) is 78.1 Å². The molecule has 3 rings (SSSR count). The first-order valence-corrected chi connectivity index (χ1v) is 9.11. The molecule has 0 unspecified atom stereocenters. The van der Waals surface area contributed by atoms with Gasteiger partial charge < -0.3 is 4.98 Å². The molecule has 0 amide bonds. The Kier molecular flexibility index (Phi) is 4.66. The molecule has 6 nitrogen and oxygen atoms in total. The number of hydrogen-bond donors (Lipinski definition) is 2. The van der Waals surface area contributed by atoms with Gasteiger partial charge in [0.2, 0.25) is 0 Å². The molecule has 0 bridgehead atoms. The summed E-state index contributed by atoms with van der Waals surface area (Å²) in [5.41, 5.74) is 3.93. The molecule has 0 aliphatic rings. The summed E-state index contributed by atoms with van der Waals surface area (Å²) >= 11 is 0. The zero-order valence-electron chi connectivity index (χ0n) is 13.7. The first-order valence-electron chi connectivity index (χ1n) is 7.67. The van der Waals surface area contributed by atoms with Gasteiger partial charge in [-0.15, -0.1) is 0 Å². The van der Waals surface area contributed by atoms with Crippen LogP contribution in [0.1, 0.15) is 5.56 Å². The fourth-order valence-electron chi connectivity index (χ4n) is 2.40. The maximum Gasteiger partial charge on any atom is 0.278 e. The van der Waals surface area contributed by atoms with Crippen molar-refractivity contribution in [3.8, 4) is 11.4 Å². The normalized spacial score (nSPS) is 12.1. The summed E-state index contributed by atoms with van der Waals surface area (Å²) < 4.78 is 27.1. The lowest BCUT2D eigenvalue weighted by atomic mass is 10.1. The number of benzene rings is 2. The molecule has 0 fully saturated rings. The average molecular weight is 344 g/mol. The summed E-state index contributed by atoms with van der Waals surface area (Å²) in [7, 11) is -0.371. The number of nitrogens with zero attached hydrogens (tertiary/aromatic N) is 2.